The first kappa shape index (κ1) is 14.0. The number of hydrazone groups is 1. The van der Waals surface area contributed by atoms with Crippen LogP contribution >= 0.6 is 11.3 Å². The van der Waals surface area contributed by atoms with Crippen LogP contribution in [0.2, 0.25) is 0 Å². The third kappa shape index (κ3) is 1.74. The molecule has 3 fully saturated rings. The number of carbonyl (C=O) groups excluding carboxylic acids is 2. The molecule has 0 N–H and O–H groups in total. The van der Waals surface area contributed by atoms with E-state index in [1.165, 1.54) is 12.3 Å². The third-order valence-electron chi connectivity index (χ3n) is 5.73. The highest BCUT2D eigenvalue weighted by Gasteiger charge is 2.67. The largest absolute Gasteiger partial charge is 0.324 e. The second-order valence-corrected chi connectivity index (χ2v) is 7.91. The van der Waals surface area contributed by atoms with Crippen molar-refractivity contribution in [2.75, 3.05) is 0 Å². The molecule has 2 amide bonds. The summed E-state index contributed by atoms with van der Waals surface area (Å²) in [7, 11) is 0. The molecule has 5 aliphatic rings. The predicted molar refractivity (Wildman–Crippen MR) is 85.1 cm³/mol. The maximum Gasteiger partial charge on any atom is 0.324 e. The molecule has 2 bridgehead atoms. The fourth-order valence-electron chi connectivity index (χ4n) is 4.68. The lowest BCUT2D eigenvalue weighted by molar-refractivity contribution is -0.380. The van der Waals surface area contributed by atoms with Gasteiger partial charge in [0, 0.05) is 6.07 Å². The molecule has 1 aliphatic heterocycles. The average Bonchev–Trinajstić information content (AvgIpc) is 3.20. The summed E-state index contributed by atoms with van der Waals surface area (Å²) >= 11 is 0.963. The van der Waals surface area contributed by atoms with Crippen LogP contribution in [0.5, 0.6) is 0 Å². The Bertz CT molecular complexity index is 808. The molecule has 4 aliphatic carbocycles. The zero-order valence-electron chi connectivity index (χ0n) is 12.4. The molecule has 24 heavy (non-hydrogen) atoms. The van der Waals surface area contributed by atoms with E-state index in [-0.39, 0.29) is 40.5 Å². The minimum absolute atomic E-state index is 0.00604. The van der Waals surface area contributed by atoms with Gasteiger partial charge in [-0.2, -0.15) is 10.1 Å². The van der Waals surface area contributed by atoms with Gasteiger partial charge in [-0.15, -0.1) is 0 Å². The topological polar surface area (TPSA) is 92.9 Å². The van der Waals surface area contributed by atoms with Gasteiger partial charge in [-0.1, -0.05) is 23.5 Å². The van der Waals surface area contributed by atoms with E-state index in [9.17, 15) is 19.7 Å². The Kier molecular flexibility index (Phi) is 2.69. The van der Waals surface area contributed by atoms with Crippen molar-refractivity contribution in [1.29, 1.82) is 0 Å². The Labute approximate surface area is 140 Å². The van der Waals surface area contributed by atoms with Gasteiger partial charge >= 0.3 is 5.00 Å². The van der Waals surface area contributed by atoms with E-state index in [0.717, 1.165) is 22.8 Å². The molecule has 0 radical (unpaired) electrons. The van der Waals surface area contributed by atoms with Gasteiger partial charge in [-0.05, 0) is 36.2 Å². The van der Waals surface area contributed by atoms with Gasteiger partial charge in [0.2, 0.25) is 0 Å². The molecule has 1 saturated heterocycles. The summed E-state index contributed by atoms with van der Waals surface area (Å²) in [6.07, 6.45) is 6.71. The predicted octanol–water partition coefficient (Wildman–Crippen LogP) is 2.04. The van der Waals surface area contributed by atoms with Crippen molar-refractivity contribution in [3.05, 3.63) is 39.3 Å². The number of hydrogen-bond donors (Lipinski definition) is 0. The Morgan fingerprint density at radius 1 is 1.17 bits per heavy atom. The molecular weight excluding hydrogens is 330 g/mol. The second kappa shape index (κ2) is 4.60. The maximum atomic E-state index is 12.7. The van der Waals surface area contributed by atoms with Crippen LogP contribution in [0.1, 0.15) is 11.3 Å². The van der Waals surface area contributed by atoms with E-state index in [1.807, 2.05) is 0 Å². The number of amides is 2. The normalized spacial score (nSPS) is 38.8. The summed E-state index contributed by atoms with van der Waals surface area (Å²) < 4.78 is 0. The summed E-state index contributed by atoms with van der Waals surface area (Å²) in [5.41, 5.74) is 0. The Morgan fingerprint density at radius 3 is 2.33 bits per heavy atom. The van der Waals surface area contributed by atoms with Crippen LogP contribution in [0, 0.1) is 45.6 Å². The van der Waals surface area contributed by atoms with Gasteiger partial charge < -0.3 is 0 Å². The lowest BCUT2D eigenvalue weighted by Crippen LogP contribution is -2.40. The smallest absolute Gasteiger partial charge is 0.272 e. The van der Waals surface area contributed by atoms with Crippen molar-refractivity contribution in [2.24, 2.45) is 40.6 Å². The molecule has 0 unspecified atom stereocenters. The van der Waals surface area contributed by atoms with Crippen molar-refractivity contribution in [1.82, 2.24) is 5.01 Å². The van der Waals surface area contributed by atoms with Crippen molar-refractivity contribution < 1.29 is 14.5 Å². The molecule has 0 aromatic carbocycles. The quantitative estimate of drug-likeness (QED) is 0.276. The van der Waals surface area contributed by atoms with E-state index >= 15 is 0 Å². The molecule has 2 saturated carbocycles. The SMILES string of the molecule is O=C1[C@@H]2[C@H]3C=C[C@@H]([C@@H]4C[C@H]34)[C@H]2C(=O)N1N=Cc1ccc([N+](=O)[O-])s1. The van der Waals surface area contributed by atoms with E-state index < -0.39 is 4.92 Å². The molecule has 7 nitrogen and oxygen atoms in total. The van der Waals surface area contributed by atoms with Crippen LogP contribution < -0.4 is 0 Å². The molecule has 6 atom stereocenters. The van der Waals surface area contributed by atoms with Crippen molar-refractivity contribution in [3.63, 3.8) is 0 Å². The van der Waals surface area contributed by atoms with Crippen LogP contribution in [-0.2, 0) is 9.59 Å². The third-order valence-corrected chi connectivity index (χ3v) is 6.70. The van der Waals surface area contributed by atoms with E-state index in [1.54, 1.807) is 6.07 Å². The molecular formula is C16H13N3O4S. The van der Waals surface area contributed by atoms with Gasteiger partial charge in [0.1, 0.15) is 0 Å². The summed E-state index contributed by atoms with van der Waals surface area (Å²) in [5, 5.41) is 15.8. The maximum absolute atomic E-state index is 12.7. The number of thiophene rings is 1. The lowest BCUT2D eigenvalue weighted by atomic mass is 9.63. The van der Waals surface area contributed by atoms with Crippen LogP contribution in [0.25, 0.3) is 0 Å². The fraction of sp³-hybridized carbons (Fsp3) is 0.438. The molecule has 8 heteroatoms. The first-order valence-corrected chi connectivity index (χ1v) is 8.72. The van der Waals surface area contributed by atoms with E-state index in [2.05, 4.69) is 17.3 Å². The number of nitro groups is 1. The Balaban J connectivity index is 1.42. The zero-order valence-corrected chi connectivity index (χ0v) is 13.3. The monoisotopic (exact) mass is 343 g/mol. The van der Waals surface area contributed by atoms with Crippen LogP contribution in [0.4, 0.5) is 5.00 Å². The van der Waals surface area contributed by atoms with Gasteiger partial charge in [0.05, 0.1) is 27.9 Å². The van der Waals surface area contributed by atoms with Crippen LogP contribution in [0.15, 0.2) is 29.4 Å². The van der Waals surface area contributed by atoms with E-state index in [0.29, 0.717) is 16.7 Å². The van der Waals surface area contributed by atoms with Crippen LogP contribution in [-0.4, -0.2) is 28.0 Å². The van der Waals surface area contributed by atoms with Crippen LogP contribution in [0.3, 0.4) is 0 Å². The average molecular weight is 343 g/mol. The highest BCUT2D eigenvalue weighted by molar-refractivity contribution is 7.16. The van der Waals surface area contributed by atoms with Crippen molar-refractivity contribution in [3.8, 4) is 0 Å². The summed E-state index contributed by atoms with van der Waals surface area (Å²) in [4.78, 5) is 36.2. The van der Waals surface area contributed by atoms with Crippen molar-refractivity contribution >= 4 is 34.4 Å². The number of carbonyl (C=O) groups is 2. The summed E-state index contributed by atoms with van der Waals surface area (Å²) in [6.45, 7) is 0. The van der Waals surface area contributed by atoms with Gasteiger partial charge in [-0.25, -0.2) is 0 Å². The molecule has 1 aromatic heterocycles. The Hall–Kier alpha value is -2.35. The summed E-state index contributed by atoms with van der Waals surface area (Å²) in [6, 6.07) is 2.95. The lowest BCUT2D eigenvalue weighted by Gasteiger charge is -2.37. The molecule has 6 rings (SSSR count). The number of allylic oxidation sites excluding steroid dienone is 2. The second-order valence-electron chi connectivity index (χ2n) is 6.82. The van der Waals surface area contributed by atoms with Gasteiger partial charge in [0.25, 0.3) is 11.8 Å². The number of nitrogens with zero attached hydrogens (tertiary/aromatic N) is 3. The minimum Gasteiger partial charge on any atom is -0.272 e. The van der Waals surface area contributed by atoms with Gasteiger partial charge in [-0.3, -0.25) is 19.7 Å². The molecule has 2 heterocycles. The number of rotatable bonds is 3. The number of hydrogen-bond acceptors (Lipinski definition) is 6. The highest BCUT2D eigenvalue weighted by atomic mass is 32.1. The highest BCUT2D eigenvalue weighted by Crippen LogP contribution is 2.65. The summed E-state index contributed by atoms with van der Waals surface area (Å²) in [5.74, 6) is 0.462. The standard InChI is InChI=1S/C16H13N3O4S/c20-15-13-8-2-3-9(11-5-10(8)11)14(13)16(21)18(15)17-6-7-1-4-12(24-7)19(22)23/h1-4,6,8-11,13-14H,5H2/t8-,9-,10-,11+,13+,14+/m0/s1. The molecule has 122 valence electrons. The molecule has 0 spiro atoms. The first-order chi connectivity index (χ1) is 11.6. The number of imide groups is 1. The Morgan fingerprint density at radius 2 is 1.79 bits per heavy atom. The zero-order chi connectivity index (χ0) is 16.6. The van der Waals surface area contributed by atoms with Crippen molar-refractivity contribution in [2.45, 2.75) is 6.42 Å². The molecule has 1 aromatic rings. The minimum atomic E-state index is -0.474. The fourth-order valence-corrected chi connectivity index (χ4v) is 5.37. The first-order valence-electron chi connectivity index (χ1n) is 7.90. The van der Waals surface area contributed by atoms with Gasteiger partial charge in [0.15, 0.2) is 0 Å². The van der Waals surface area contributed by atoms with E-state index in [4.69, 9.17) is 0 Å².